The topological polar surface area (TPSA) is 15.8 Å². The molecule has 0 saturated carbocycles. The number of aromatic amines is 1. The van der Waals surface area contributed by atoms with Gasteiger partial charge in [-0.25, -0.2) is 0 Å². The van der Waals surface area contributed by atoms with E-state index in [1.54, 1.807) is 0 Å². The predicted octanol–water partition coefficient (Wildman–Crippen LogP) is 3.44. The lowest BCUT2D eigenvalue weighted by molar-refractivity contribution is 1.30. The maximum atomic E-state index is 6.12. The molecule has 2 rings (SSSR count). The molecule has 1 aromatic carbocycles. The van der Waals surface area contributed by atoms with Gasteiger partial charge in [0.05, 0.1) is 5.02 Å². The highest BCUT2D eigenvalue weighted by Crippen LogP contribution is 2.29. The van der Waals surface area contributed by atoms with Gasteiger partial charge in [-0.15, -0.1) is 0 Å². The summed E-state index contributed by atoms with van der Waals surface area (Å²) in [5.74, 6) is 0. The predicted molar refractivity (Wildman–Crippen MR) is 52.8 cm³/mol. The van der Waals surface area contributed by atoms with Crippen LogP contribution in [0, 0.1) is 13.8 Å². The summed E-state index contributed by atoms with van der Waals surface area (Å²) >= 11 is 6.12. The molecule has 2 heteroatoms. The Kier molecular flexibility index (Phi) is 1.62. The van der Waals surface area contributed by atoms with E-state index >= 15 is 0 Å². The van der Waals surface area contributed by atoms with E-state index in [2.05, 4.69) is 18.0 Å². The van der Waals surface area contributed by atoms with E-state index in [-0.39, 0.29) is 0 Å². The quantitative estimate of drug-likeness (QED) is 0.638. The number of aromatic nitrogens is 1. The highest BCUT2D eigenvalue weighted by molar-refractivity contribution is 6.36. The van der Waals surface area contributed by atoms with Gasteiger partial charge in [0, 0.05) is 16.6 Å². The van der Waals surface area contributed by atoms with Crippen molar-refractivity contribution in [1.29, 1.82) is 0 Å². The van der Waals surface area contributed by atoms with Gasteiger partial charge in [-0.1, -0.05) is 23.7 Å². The standard InChI is InChI=1S/C10H10ClN/c1-6-4-3-5-8-9(6)10(11)7(2)12-8/h3-5,12H,1-2H3. The van der Waals surface area contributed by atoms with Gasteiger partial charge in [-0.2, -0.15) is 0 Å². The molecule has 1 nitrogen and oxygen atoms in total. The van der Waals surface area contributed by atoms with Gasteiger partial charge in [0.25, 0.3) is 0 Å². The van der Waals surface area contributed by atoms with E-state index in [4.69, 9.17) is 11.6 Å². The Balaban J connectivity index is 2.97. The third-order valence-corrected chi connectivity index (χ3v) is 2.62. The van der Waals surface area contributed by atoms with Crippen LogP contribution in [0.4, 0.5) is 0 Å². The minimum Gasteiger partial charge on any atom is -0.357 e. The van der Waals surface area contributed by atoms with Crippen molar-refractivity contribution in [2.75, 3.05) is 0 Å². The Hall–Kier alpha value is -0.950. The van der Waals surface area contributed by atoms with E-state index in [1.165, 1.54) is 5.56 Å². The van der Waals surface area contributed by atoms with Crippen LogP contribution in [0.25, 0.3) is 10.9 Å². The molecule has 1 aromatic heterocycles. The summed E-state index contributed by atoms with van der Waals surface area (Å²) in [6.07, 6.45) is 0. The minimum atomic E-state index is 0.850. The summed E-state index contributed by atoms with van der Waals surface area (Å²) in [5.41, 5.74) is 3.39. The monoisotopic (exact) mass is 179 g/mol. The summed E-state index contributed by atoms with van der Waals surface area (Å²) in [6, 6.07) is 6.15. The average molecular weight is 180 g/mol. The molecule has 2 aromatic rings. The molecule has 1 N–H and O–H groups in total. The summed E-state index contributed by atoms with van der Waals surface area (Å²) in [5, 5.41) is 2.00. The number of H-pyrrole nitrogens is 1. The SMILES string of the molecule is Cc1[nH]c2cccc(C)c2c1Cl. The Morgan fingerprint density at radius 1 is 1.25 bits per heavy atom. The zero-order valence-corrected chi connectivity index (χ0v) is 7.87. The molecular formula is C10H10ClN. The first-order valence-electron chi connectivity index (χ1n) is 3.93. The van der Waals surface area contributed by atoms with Gasteiger partial charge in [0.1, 0.15) is 0 Å². The van der Waals surface area contributed by atoms with Crippen molar-refractivity contribution in [2.24, 2.45) is 0 Å². The lowest BCUT2D eigenvalue weighted by Crippen LogP contribution is -1.72. The number of rotatable bonds is 0. The fraction of sp³-hybridized carbons (Fsp3) is 0.200. The van der Waals surface area contributed by atoms with Gasteiger partial charge >= 0.3 is 0 Å². The molecule has 1 heterocycles. The minimum absolute atomic E-state index is 0.850. The normalized spacial score (nSPS) is 10.9. The Bertz CT molecular complexity index is 429. The molecule has 0 aliphatic heterocycles. The van der Waals surface area contributed by atoms with Crippen molar-refractivity contribution in [1.82, 2.24) is 4.98 Å². The number of hydrogen-bond donors (Lipinski definition) is 1. The van der Waals surface area contributed by atoms with E-state index in [0.717, 1.165) is 21.6 Å². The zero-order valence-electron chi connectivity index (χ0n) is 7.11. The molecule has 0 fully saturated rings. The van der Waals surface area contributed by atoms with E-state index < -0.39 is 0 Å². The Morgan fingerprint density at radius 2 is 2.00 bits per heavy atom. The molecule has 0 aliphatic carbocycles. The molecule has 12 heavy (non-hydrogen) atoms. The lowest BCUT2D eigenvalue weighted by Gasteiger charge is -1.94. The maximum absolute atomic E-state index is 6.12. The van der Waals surface area contributed by atoms with E-state index in [9.17, 15) is 0 Å². The van der Waals surface area contributed by atoms with E-state index in [0.29, 0.717) is 0 Å². The van der Waals surface area contributed by atoms with Crippen molar-refractivity contribution < 1.29 is 0 Å². The third-order valence-electron chi connectivity index (χ3n) is 2.14. The van der Waals surface area contributed by atoms with Crippen molar-refractivity contribution in [3.63, 3.8) is 0 Å². The molecule has 0 unspecified atom stereocenters. The van der Waals surface area contributed by atoms with Crippen molar-refractivity contribution in [3.05, 3.63) is 34.5 Å². The van der Waals surface area contributed by atoms with Crippen LogP contribution >= 0.6 is 11.6 Å². The molecule has 0 spiro atoms. The zero-order chi connectivity index (χ0) is 8.72. The van der Waals surface area contributed by atoms with Gasteiger partial charge in [-0.05, 0) is 25.5 Å². The van der Waals surface area contributed by atoms with Crippen molar-refractivity contribution in [2.45, 2.75) is 13.8 Å². The molecule has 0 aliphatic rings. The lowest BCUT2D eigenvalue weighted by atomic mass is 10.1. The van der Waals surface area contributed by atoms with Gasteiger partial charge < -0.3 is 4.98 Å². The Morgan fingerprint density at radius 3 is 2.67 bits per heavy atom. The summed E-state index contributed by atoms with van der Waals surface area (Å²) in [4.78, 5) is 3.24. The molecule has 0 radical (unpaired) electrons. The second-order valence-corrected chi connectivity index (χ2v) is 3.44. The first kappa shape index (κ1) is 7.69. The summed E-state index contributed by atoms with van der Waals surface area (Å²) < 4.78 is 0. The highest BCUT2D eigenvalue weighted by atomic mass is 35.5. The van der Waals surface area contributed by atoms with Crippen molar-refractivity contribution >= 4 is 22.5 Å². The highest BCUT2D eigenvalue weighted by Gasteiger charge is 2.06. The Labute approximate surface area is 76.4 Å². The van der Waals surface area contributed by atoms with Crippen LogP contribution in [0.15, 0.2) is 18.2 Å². The summed E-state index contributed by atoms with van der Waals surface area (Å²) in [7, 11) is 0. The molecule has 0 atom stereocenters. The van der Waals surface area contributed by atoms with Gasteiger partial charge in [0.15, 0.2) is 0 Å². The van der Waals surface area contributed by atoms with E-state index in [1.807, 2.05) is 19.1 Å². The number of hydrogen-bond acceptors (Lipinski definition) is 0. The van der Waals surface area contributed by atoms with Crippen LogP contribution in [-0.2, 0) is 0 Å². The average Bonchev–Trinajstić information content (AvgIpc) is 2.29. The molecule has 0 bridgehead atoms. The van der Waals surface area contributed by atoms with Crippen LogP contribution in [0.5, 0.6) is 0 Å². The second kappa shape index (κ2) is 2.53. The van der Waals surface area contributed by atoms with Gasteiger partial charge in [-0.3, -0.25) is 0 Å². The first-order valence-corrected chi connectivity index (χ1v) is 4.31. The third kappa shape index (κ3) is 0.935. The molecule has 0 amide bonds. The number of fused-ring (bicyclic) bond motifs is 1. The number of benzene rings is 1. The van der Waals surface area contributed by atoms with Crippen molar-refractivity contribution in [3.8, 4) is 0 Å². The molecular weight excluding hydrogens is 170 g/mol. The number of nitrogens with one attached hydrogen (secondary N) is 1. The van der Waals surface area contributed by atoms with Gasteiger partial charge in [0.2, 0.25) is 0 Å². The maximum Gasteiger partial charge on any atom is 0.0691 e. The molecule has 0 saturated heterocycles. The summed E-state index contributed by atoms with van der Waals surface area (Å²) in [6.45, 7) is 4.06. The van der Waals surface area contributed by atoms with Crippen LogP contribution in [-0.4, -0.2) is 4.98 Å². The first-order chi connectivity index (χ1) is 5.70. The number of aryl methyl sites for hydroxylation is 2. The fourth-order valence-corrected chi connectivity index (χ4v) is 1.81. The molecule has 62 valence electrons. The smallest absolute Gasteiger partial charge is 0.0691 e. The van der Waals surface area contributed by atoms with Crippen LogP contribution in [0.2, 0.25) is 5.02 Å². The fourth-order valence-electron chi connectivity index (χ4n) is 1.51. The number of halogens is 1. The largest absolute Gasteiger partial charge is 0.357 e. The second-order valence-electron chi connectivity index (χ2n) is 3.06. The van der Waals surface area contributed by atoms with Crippen LogP contribution in [0.3, 0.4) is 0 Å². The van der Waals surface area contributed by atoms with Crippen LogP contribution in [0.1, 0.15) is 11.3 Å². The van der Waals surface area contributed by atoms with Crippen LogP contribution < -0.4 is 0 Å².